The molecule has 86 valence electrons. The lowest BCUT2D eigenvalue weighted by Gasteiger charge is -2.25. The van der Waals surface area contributed by atoms with E-state index in [1.807, 2.05) is 20.8 Å². The molecule has 0 rings (SSSR count). The van der Waals surface area contributed by atoms with Crippen LogP contribution in [0.3, 0.4) is 0 Å². The Hall–Kier alpha value is -0.505. The maximum absolute atomic E-state index is 11.1. The van der Waals surface area contributed by atoms with Gasteiger partial charge in [-0.05, 0) is 19.4 Å². The van der Waals surface area contributed by atoms with E-state index in [1.54, 1.807) is 0 Å². The van der Waals surface area contributed by atoms with Crippen LogP contribution < -0.4 is 5.32 Å². The van der Waals surface area contributed by atoms with Gasteiger partial charge in [0.05, 0.1) is 7.85 Å². The third-order valence-electron chi connectivity index (χ3n) is 2.53. The molecule has 0 aliphatic heterocycles. The van der Waals surface area contributed by atoms with Crippen LogP contribution >= 0.6 is 0 Å². The standard InChI is InChI=1S/C11H22BNO2/c1-4-5-6-11(12,10(14)15)7-8-13-9(2)3/h9,13H,4-8H2,1-3H3,(H,14,15). The highest BCUT2D eigenvalue weighted by molar-refractivity contribution is 6.26. The zero-order valence-electron chi connectivity index (χ0n) is 10.0. The van der Waals surface area contributed by atoms with Crippen molar-refractivity contribution in [3.05, 3.63) is 0 Å². The Labute approximate surface area is 94.0 Å². The lowest BCUT2D eigenvalue weighted by Crippen LogP contribution is -2.31. The molecule has 1 unspecified atom stereocenters. The van der Waals surface area contributed by atoms with Crippen LogP contribution in [-0.2, 0) is 4.79 Å². The van der Waals surface area contributed by atoms with Crippen molar-refractivity contribution in [1.29, 1.82) is 0 Å². The molecule has 3 nitrogen and oxygen atoms in total. The summed E-state index contributed by atoms with van der Waals surface area (Å²) >= 11 is 0. The zero-order chi connectivity index (χ0) is 11.9. The first-order valence-corrected chi connectivity index (χ1v) is 5.68. The Bertz CT molecular complexity index is 197. The SMILES string of the molecule is [B]C(CCCC)(CCNC(C)C)C(=O)O. The molecule has 2 N–H and O–H groups in total. The van der Waals surface area contributed by atoms with E-state index in [0.29, 0.717) is 25.4 Å². The summed E-state index contributed by atoms with van der Waals surface area (Å²) in [5.74, 6) is -0.887. The van der Waals surface area contributed by atoms with Crippen LogP contribution in [0.1, 0.15) is 46.5 Å². The van der Waals surface area contributed by atoms with Crippen molar-refractivity contribution < 1.29 is 9.90 Å². The fourth-order valence-electron chi connectivity index (χ4n) is 1.41. The number of carboxylic acids is 1. The van der Waals surface area contributed by atoms with Crippen LogP contribution in [0, 0.1) is 0 Å². The number of hydrogen-bond acceptors (Lipinski definition) is 2. The molecule has 0 aromatic carbocycles. The second kappa shape index (κ2) is 6.88. The predicted molar refractivity (Wildman–Crippen MR) is 63.4 cm³/mol. The van der Waals surface area contributed by atoms with Gasteiger partial charge in [-0.25, -0.2) is 0 Å². The Morgan fingerprint density at radius 3 is 2.47 bits per heavy atom. The fraction of sp³-hybridized carbons (Fsp3) is 0.909. The van der Waals surface area contributed by atoms with Crippen molar-refractivity contribution in [2.45, 2.75) is 57.8 Å². The van der Waals surface area contributed by atoms with Gasteiger partial charge in [-0.3, -0.25) is 4.79 Å². The Balaban J connectivity index is 4.07. The van der Waals surface area contributed by atoms with Gasteiger partial charge in [-0.15, -0.1) is 0 Å². The Morgan fingerprint density at radius 2 is 2.07 bits per heavy atom. The van der Waals surface area contributed by atoms with Crippen molar-refractivity contribution in [2.24, 2.45) is 0 Å². The number of aliphatic carboxylic acids is 1. The predicted octanol–water partition coefficient (Wildman–Crippen LogP) is 1.98. The van der Waals surface area contributed by atoms with E-state index in [2.05, 4.69) is 5.32 Å². The topological polar surface area (TPSA) is 49.3 Å². The third kappa shape index (κ3) is 5.83. The molecule has 0 spiro atoms. The summed E-state index contributed by atoms with van der Waals surface area (Å²) in [7, 11) is 5.87. The van der Waals surface area contributed by atoms with Crippen molar-refractivity contribution in [2.75, 3.05) is 6.54 Å². The first-order valence-electron chi connectivity index (χ1n) is 5.68. The zero-order valence-corrected chi connectivity index (χ0v) is 10.0. The first-order chi connectivity index (χ1) is 6.92. The Morgan fingerprint density at radius 1 is 1.47 bits per heavy atom. The van der Waals surface area contributed by atoms with E-state index >= 15 is 0 Å². The molecular formula is C11H22BNO2. The molecule has 1 atom stereocenters. The number of unbranched alkanes of at least 4 members (excludes halogenated alkanes) is 1. The van der Waals surface area contributed by atoms with E-state index in [4.69, 9.17) is 13.0 Å². The highest BCUT2D eigenvalue weighted by Gasteiger charge is 2.30. The summed E-state index contributed by atoms with van der Waals surface area (Å²) in [6.45, 7) is 6.76. The van der Waals surface area contributed by atoms with E-state index in [0.717, 1.165) is 12.8 Å². The fourth-order valence-corrected chi connectivity index (χ4v) is 1.41. The number of nitrogens with one attached hydrogen (secondary N) is 1. The smallest absolute Gasteiger partial charge is 0.300 e. The highest BCUT2D eigenvalue weighted by atomic mass is 16.4. The molecule has 2 radical (unpaired) electrons. The van der Waals surface area contributed by atoms with Crippen molar-refractivity contribution in [3.8, 4) is 0 Å². The number of carboxylic acid groups (broad SMARTS) is 1. The van der Waals surface area contributed by atoms with Gasteiger partial charge in [0.25, 0.3) is 0 Å². The van der Waals surface area contributed by atoms with E-state index < -0.39 is 11.3 Å². The van der Waals surface area contributed by atoms with Crippen molar-refractivity contribution in [3.63, 3.8) is 0 Å². The summed E-state index contributed by atoms with van der Waals surface area (Å²) in [4.78, 5) is 11.1. The molecule has 0 aromatic heterocycles. The molecule has 0 amide bonds. The number of hydrogen-bond donors (Lipinski definition) is 2. The molecule has 0 saturated heterocycles. The summed E-state index contributed by atoms with van der Waals surface area (Å²) in [5.41, 5.74) is 0. The molecule has 0 aromatic rings. The summed E-state index contributed by atoms with van der Waals surface area (Å²) < 4.78 is 0. The van der Waals surface area contributed by atoms with Gasteiger partial charge in [0.15, 0.2) is 0 Å². The minimum atomic E-state index is -1.06. The third-order valence-corrected chi connectivity index (χ3v) is 2.53. The van der Waals surface area contributed by atoms with Crippen LogP contribution in [0.2, 0.25) is 5.31 Å². The van der Waals surface area contributed by atoms with Gasteiger partial charge in [0.1, 0.15) is 0 Å². The summed E-state index contributed by atoms with van der Waals surface area (Å²) in [6, 6.07) is 0.370. The second-order valence-corrected chi connectivity index (χ2v) is 4.42. The minimum absolute atomic E-state index is 0.370. The van der Waals surface area contributed by atoms with Gasteiger partial charge in [-0.1, -0.05) is 33.6 Å². The molecule has 0 aliphatic rings. The monoisotopic (exact) mass is 211 g/mol. The highest BCUT2D eigenvalue weighted by Crippen LogP contribution is 2.32. The lowest BCUT2D eigenvalue weighted by atomic mass is 9.63. The molecule has 15 heavy (non-hydrogen) atoms. The molecule has 0 saturated carbocycles. The van der Waals surface area contributed by atoms with Crippen LogP contribution in [0.15, 0.2) is 0 Å². The first kappa shape index (κ1) is 14.5. The maximum atomic E-state index is 11.1. The van der Waals surface area contributed by atoms with Gasteiger partial charge in [-0.2, -0.15) is 0 Å². The normalized spacial score (nSPS) is 15.2. The van der Waals surface area contributed by atoms with Gasteiger partial charge in [0, 0.05) is 11.4 Å². The number of carbonyl (C=O) groups is 1. The average molecular weight is 211 g/mol. The van der Waals surface area contributed by atoms with Crippen LogP contribution in [0.25, 0.3) is 0 Å². The van der Waals surface area contributed by atoms with Gasteiger partial charge >= 0.3 is 5.97 Å². The molecular weight excluding hydrogens is 189 g/mol. The molecule has 0 bridgehead atoms. The summed E-state index contributed by atoms with van der Waals surface area (Å²) in [6.07, 6.45) is 2.88. The van der Waals surface area contributed by atoms with Gasteiger partial charge in [0.2, 0.25) is 0 Å². The molecule has 0 aliphatic carbocycles. The van der Waals surface area contributed by atoms with E-state index in [9.17, 15) is 4.79 Å². The van der Waals surface area contributed by atoms with E-state index in [-0.39, 0.29) is 0 Å². The van der Waals surface area contributed by atoms with Gasteiger partial charge < -0.3 is 10.4 Å². The molecule has 0 fully saturated rings. The van der Waals surface area contributed by atoms with Crippen molar-refractivity contribution in [1.82, 2.24) is 5.32 Å². The second-order valence-electron chi connectivity index (χ2n) is 4.42. The van der Waals surface area contributed by atoms with E-state index in [1.165, 1.54) is 0 Å². The Kier molecular flexibility index (Phi) is 6.65. The minimum Gasteiger partial charge on any atom is -0.481 e. The average Bonchev–Trinajstić information content (AvgIpc) is 2.14. The lowest BCUT2D eigenvalue weighted by molar-refractivity contribution is -0.141. The van der Waals surface area contributed by atoms with Crippen LogP contribution in [0.4, 0.5) is 0 Å². The number of rotatable bonds is 8. The maximum Gasteiger partial charge on any atom is 0.300 e. The summed E-state index contributed by atoms with van der Waals surface area (Å²) in [5, 5.41) is 11.2. The largest absolute Gasteiger partial charge is 0.481 e. The van der Waals surface area contributed by atoms with Crippen LogP contribution in [-0.4, -0.2) is 31.5 Å². The molecule has 0 heterocycles. The molecule has 4 heteroatoms. The van der Waals surface area contributed by atoms with Crippen LogP contribution in [0.5, 0.6) is 0 Å². The quantitative estimate of drug-likeness (QED) is 0.603. The van der Waals surface area contributed by atoms with Crippen molar-refractivity contribution >= 4 is 13.8 Å².